The number of piperazine rings is 1. The first-order chi connectivity index (χ1) is 18.3. The van der Waals surface area contributed by atoms with E-state index in [9.17, 15) is 31.1 Å². The van der Waals surface area contributed by atoms with Gasteiger partial charge in [-0.1, -0.05) is 6.07 Å². The molecule has 0 radical (unpaired) electrons. The molecule has 0 unspecified atom stereocenters. The molecule has 39 heavy (non-hydrogen) atoms. The summed E-state index contributed by atoms with van der Waals surface area (Å²) in [5.41, 5.74) is -2.08. The van der Waals surface area contributed by atoms with Gasteiger partial charge in [0.2, 0.25) is 0 Å². The molecule has 1 saturated heterocycles. The maximum Gasteiger partial charge on any atom is 0.416 e. The van der Waals surface area contributed by atoms with Gasteiger partial charge in [0.05, 0.1) is 23.1 Å². The molecule has 1 fully saturated rings. The molecule has 0 spiro atoms. The topological polar surface area (TPSA) is 54.4 Å². The molecule has 13 heteroatoms. The number of hydrogen-bond donors (Lipinski definition) is 0. The van der Waals surface area contributed by atoms with Crippen LogP contribution in [-0.4, -0.2) is 61.2 Å². The molecule has 0 saturated carbocycles. The Kier molecular flexibility index (Phi) is 8.22. The number of halogens is 6. The number of aliphatic imine (C=N–C) groups is 1. The van der Waals surface area contributed by atoms with E-state index in [0.717, 1.165) is 32.2 Å². The lowest BCUT2D eigenvalue weighted by atomic mass is 10.0. The normalized spacial score (nSPS) is 18.3. The second-order valence-electron chi connectivity index (χ2n) is 9.06. The molecule has 0 aliphatic carbocycles. The average Bonchev–Trinajstić information content (AvgIpc) is 3.27. The Labute approximate surface area is 225 Å². The lowest BCUT2D eigenvalue weighted by Gasteiger charge is -2.33. The molecule has 0 aromatic heterocycles. The molecule has 2 aliphatic rings. The van der Waals surface area contributed by atoms with E-state index in [-0.39, 0.29) is 17.7 Å². The van der Waals surface area contributed by atoms with Gasteiger partial charge in [-0.3, -0.25) is 4.79 Å². The van der Waals surface area contributed by atoms with Gasteiger partial charge >= 0.3 is 12.4 Å². The van der Waals surface area contributed by atoms with E-state index in [4.69, 9.17) is 9.47 Å². The Morgan fingerprint density at radius 3 is 2.31 bits per heavy atom. The number of rotatable bonds is 5. The van der Waals surface area contributed by atoms with E-state index in [0.29, 0.717) is 33.0 Å². The summed E-state index contributed by atoms with van der Waals surface area (Å²) in [6.45, 7) is 4.36. The maximum absolute atomic E-state index is 13.5. The summed E-state index contributed by atoms with van der Waals surface area (Å²) < 4.78 is 90.1. The first-order valence-corrected chi connectivity index (χ1v) is 12.6. The molecule has 4 rings (SSSR count). The van der Waals surface area contributed by atoms with Crippen LogP contribution in [0.4, 0.5) is 26.3 Å². The Morgan fingerprint density at radius 2 is 1.69 bits per heavy atom. The minimum Gasteiger partial charge on any atom is -0.496 e. The molecular weight excluding hydrogens is 548 g/mol. The molecule has 6 nitrogen and oxygen atoms in total. The zero-order chi connectivity index (χ0) is 28.5. The maximum atomic E-state index is 13.5. The Balaban J connectivity index is 1.53. The third-order valence-corrected chi connectivity index (χ3v) is 7.63. The van der Waals surface area contributed by atoms with Crippen molar-refractivity contribution in [1.82, 2.24) is 9.80 Å². The number of allylic oxidation sites excluding steroid dienone is 1. The van der Waals surface area contributed by atoms with Crippen LogP contribution in [0.25, 0.3) is 5.57 Å². The molecule has 2 aliphatic heterocycles. The molecule has 1 amide bonds. The third-order valence-electron chi connectivity index (χ3n) is 6.41. The van der Waals surface area contributed by atoms with Gasteiger partial charge in [-0.05, 0) is 55.6 Å². The quantitative estimate of drug-likeness (QED) is 0.327. The van der Waals surface area contributed by atoms with Crippen LogP contribution < -0.4 is 9.47 Å². The highest BCUT2D eigenvalue weighted by Crippen LogP contribution is 2.40. The summed E-state index contributed by atoms with van der Waals surface area (Å²) in [7, 11) is 3.42. The van der Waals surface area contributed by atoms with Crippen molar-refractivity contribution in [2.45, 2.75) is 25.9 Å². The molecule has 0 atom stereocenters. The highest BCUT2D eigenvalue weighted by atomic mass is 32.2. The number of amidine groups is 1. The van der Waals surface area contributed by atoms with Crippen molar-refractivity contribution in [3.63, 3.8) is 0 Å². The predicted molar refractivity (Wildman–Crippen MR) is 135 cm³/mol. The number of benzene rings is 2. The van der Waals surface area contributed by atoms with Crippen molar-refractivity contribution in [2.75, 3.05) is 40.3 Å². The number of nitrogens with zero attached hydrogens (tertiary/aromatic N) is 3. The minimum absolute atomic E-state index is 0.0761. The average molecular weight is 574 g/mol. The second kappa shape index (κ2) is 11.1. The first-order valence-electron chi connectivity index (χ1n) is 11.8. The number of hydrogen-bond acceptors (Lipinski definition) is 6. The SMILES string of the molecule is COc1cc(OCc2ccc(C(F)(F)F)cc2C(F)(F)F)ccc1C(C)=C1SC(N2CCN(C)CC2)=NC1=O. The van der Waals surface area contributed by atoms with Crippen LogP contribution in [0, 0.1) is 0 Å². The highest BCUT2D eigenvalue weighted by Gasteiger charge is 2.38. The van der Waals surface area contributed by atoms with E-state index in [2.05, 4.69) is 14.8 Å². The van der Waals surface area contributed by atoms with Crippen molar-refractivity contribution in [3.8, 4) is 11.5 Å². The van der Waals surface area contributed by atoms with E-state index >= 15 is 0 Å². The molecule has 0 N–H and O–H groups in total. The van der Waals surface area contributed by atoms with Crippen LogP contribution in [0.3, 0.4) is 0 Å². The van der Waals surface area contributed by atoms with E-state index in [1.165, 1.54) is 31.0 Å². The number of thioether (sulfide) groups is 1. The van der Waals surface area contributed by atoms with Crippen LogP contribution in [0.1, 0.15) is 29.2 Å². The standard InChI is InChI=1S/C26H25F6N3O3S/c1-15(22-23(36)33-24(39-22)35-10-8-34(2)9-11-35)19-7-6-18(13-21(19)37-3)38-14-16-4-5-17(25(27,28)29)12-20(16)26(30,31)32/h4-7,12-13H,8-11,14H2,1-3H3. The summed E-state index contributed by atoms with van der Waals surface area (Å²) >= 11 is 1.28. The van der Waals surface area contributed by atoms with Crippen molar-refractivity contribution in [1.29, 1.82) is 0 Å². The summed E-state index contributed by atoms with van der Waals surface area (Å²) in [6.07, 6.45) is -9.91. The lowest BCUT2D eigenvalue weighted by Crippen LogP contribution is -2.46. The number of carbonyl (C=O) groups excluding carboxylic acids is 1. The van der Waals surface area contributed by atoms with Crippen LogP contribution >= 0.6 is 11.8 Å². The Hall–Kier alpha value is -3.19. The van der Waals surface area contributed by atoms with Crippen LogP contribution in [0.2, 0.25) is 0 Å². The summed E-state index contributed by atoms with van der Waals surface area (Å²) in [6, 6.07) is 5.96. The number of ether oxygens (including phenoxy) is 2. The molecule has 2 aromatic carbocycles. The summed E-state index contributed by atoms with van der Waals surface area (Å²) in [5, 5.41) is 0.637. The van der Waals surface area contributed by atoms with Gasteiger partial charge in [0.15, 0.2) is 5.17 Å². The largest absolute Gasteiger partial charge is 0.496 e. The van der Waals surface area contributed by atoms with Gasteiger partial charge in [-0.15, -0.1) is 0 Å². The summed E-state index contributed by atoms with van der Waals surface area (Å²) in [5.74, 6) is 0.0828. The predicted octanol–water partition coefficient (Wildman–Crippen LogP) is 5.92. The van der Waals surface area contributed by atoms with Crippen molar-refractivity contribution >= 4 is 28.4 Å². The highest BCUT2D eigenvalue weighted by molar-refractivity contribution is 8.18. The van der Waals surface area contributed by atoms with Gasteiger partial charge < -0.3 is 19.3 Å². The van der Waals surface area contributed by atoms with Crippen molar-refractivity contribution in [2.24, 2.45) is 4.99 Å². The molecule has 0 bridgehead atoms. The zero-order valence-electron chi connectivity index (χ0n) is 21.2. The number of carbonyl (C=O) groups is 1. The number of alkyl halides is 6. The van der Waals surface area contributed by atoms with Gasteiger partial charge in [0, 0.05) is 43.4 Å². The molecule has 210 valence electrons. The van der Waals surface area contributed by atoms with Crippen molar-refractivity contribution < 1.29 is 40.6 Å². The third kappa shape index (κ3) is 6.52. The second-order valence-corrected chi connectivity index (χ2v) is 10.0. The van der Waals surface area contributed by atoms with Crippen molar-refractivity contribution in [3.05, 3.63) is 63.6 Å². The number of likely N-dealkylation sites (N-methyl/N-ethyl adjacent to an activating group) is 1. The van der Waals surface area contributed by atoms with Gasteiger partial charge in [-0.25, -0.2) is 0 Å². The minimum atomic E-state index is -5.00. The zero-order valence-corrected chi connectivity index (χ0v) is 22.1. The number of methoxy groups -OCH3 is 1. The lowest BCUT2D eigenvalue weighted by molar-refractivity contribution is -0.143. The number of amides is 1. The van der Waals surface area contributed by atoms with Gasteiger partial charge in [0.1, 0.15) is 18.1 Å². The van der Waals surface area contributed by atoms with Gasteiger partial charge in [0.25, 0.3) is 5.91 Å². The molecule has 2 heterocycles. The fraction of sp³-hybridized carbons (Fsp3) is 0.385. The first kappa shape index (κ1) is 28.8. The molecular formula is C26H25F6N3O3S. The van der Waals surface area contributed by atoms with E-state index in [1.54, 1.807) is 13.0 Å². The summed E-state index contributed by atoms with van der Waals surface area (Å²) in [4.78, 5) is 21.6. The monoisotopic (exact) mass is 573 g/mol. The Bertz CT molecular complexity index is 1310. The van der Waals surface area contributed by atoms with E-state index in [1.807, 2.05) is 7.05 Å². The van der Waals surface area contributed by atoms with E-state index < -0.39 is 35.6 Å². The van der Waals surface area contributed by atoms with Crippen LogP contribution in [0.5, 0.6) is 11.5 Å². The van der Waals surface area contributed by atoms with Crippen LogP contribution in [-0.2, 0) is 23.8 Å². The van der Waals surface area contributed by atoms with Gasteiger partial charge in [-0.2, -0.15) is 31.3 Å². The molecule has 2 aromatic rings. The fourth-order valence-corrected chi connectivity index (χ4v) is 5.18. The van der Waals surface area contributed by atoms with Crippen LogP contribution in [0.15, 0.2) is 46.3 Å². The smallest absolute Gasteiger partial charge is 0.416 e. The Morgan fingerprint density at radius 1 is 1.00 bits per heavy atom. The fourth-order valence-electron chi connectivity index (χ4n) is 4.16.